The first-order valence-electron chi connectivity index (χ1n) is 9.02. The molecule has 0 bridgehead atoms. The molecule has 1 saturated heterocycles. The molecule has 1 fully saturated rings. The van der Waals surface area contributed by atoms with Crippen LogP contribution in [-0.4, -0.2) is 44.4 Å². The van der Waals surface area contributed by atoms with Gasteiger partial charge in [-0.3, -0.25) is 4.98 Å². The summed E-state index contributed by atoms with van der Waals surface area (Å²) >= 11 is 0. The van der Waals surface area contributed by atoms with Gasteiger partial charge in [-0.05, 0) is 36.8 Å². The molecule has 4 rings (SSSR count). The van der Waals surface area contributed by atoms with Gasteiger partial charge in [0.1, 0.15) is 18.5 Å². The Hall–Kier alpha value is -2.80. The van der Waals surface area contributed by atoms with Crippen LogP contribution in [0.4, 0.5) is 5.82 Å². The first kappa shape index (κ1) is 16.7. The zero-order chi connectivity index (χ0) is 17.8. The molecule has 0 saturated carbocycles. The van der Waals surface area contributed by atoms with E-state index >= 15 is 0 Å². The summed E-state index contributed by atoms with van der Waals surface area (Å²) in [6.07, 6.45) is 8.85. The zero-order valence-electron chi connectivity index (χ0n) is 14.6. The summed E-state index contributed by atoms with van der Waals surface area (Å²) in [7, 11) is 0. The highest BCUT2D eigenvalue weighted by Gasteiger charge is 2.27. The van der Waals surface area contributed by atoms with E-state index in [1.165, 1.54) is 11.9 Å². The molecular weight excluding hydrogens is 326 g/mol. The van der Waals surface area contributed by atoms with E-state index in [0.29, 0.717) is 24.2 Å². The largest absolute Gasteiger partial charge is 0.355 e. The Morgan fingerprint density at radius 3 is 2.50 bits per heavy atom. The number of anilines is 1. The number of benzene rings is 1. The predicted molar refractivity (Wildman–Crippen MR) is 100 cm³/mol. The van der Waals surface area contributed by atoms with Gasteiger partial charge in [0.2, 0.25) is 0 Å². The molecule has 1 aromatic carbocycles. The third kappa shape index (κ3) is 3.43. The normalized spacial score (nSPS) is 16.6. The van der Waals surface area contributed by atoms with Crippen molar-refractivity contribution < 1.29 is 0 Å². The minimum atomic E-state index is 0.422. The number of rotatable bonds is 5. The molecule has 1 aliphatic rings. The third-order valence-electron chi connectivity index (χ3n) is 5.18. The molecule has 0 spiro atoms. The van der Waals surface area contributed by atoms with Crippen molar-refractivity contribution in [1.82, 2.24) is 24.7 Å². The van der Waals surface area contributed by atoms with Gasteiger partial charge in [0, 0.05) is 13.1 Å². The SMILES string of the molecule is NCC(c1ccccc1)C1CCN(c2cncc(-n3cncn3)n2)CC1. The van der Waals surface area contributed by atoms with E-state index in [0.717, 1.165) is 31.7 Å². The lowest BCUT2D eigenvalue weighted by Crippen LogP contribution is -2.37. The van der Waals surface area contributed by atoms with Crippen LogP contribution >= 0.6 is 0 Å². The lowest BCUT2D eigenvalue weighted by molar-refractivity contribution is 0.342. The van der Waals surface area contributed by atoms with Crippen LogP contribution in [0.3, 0.4) is 0 Å². The van der Waals surface area contributed by atoms with Gasteiger partial charge in [0.25, 0.3) is 0 Å². The number of hydrogen-bond donors (Lipinski definition) is 1. The summed E-state index contributed by atoms with van der Waals surface area (Å²) in [5, 5.41) is 4.12. The van der Waals surface area contributed by atoms with Crippen molar-refractivity contribution in [2.75, 3.05) is 24.5 Å². The average molecular weight is 349 g/mol. The summed E-state index contributed by atoms with van der Waals surface area (Å²) in [5.74, 6) is 2.60. The molecule has 134 valence electrons. The van der Waals surface area contributed by atoms with Gasteiger partial charge < -0.3 is 10.6 Å². The van der Waals surface area contributed by atoms with Crippen LogP contribution < -0.4 is 10.6 Å². The number of nitrogens with two attached hydrogens (primary N) is 1. The van der Waals surface area contributed by atoms with Gasteiger partial charge in [-0.15, -0.1) is 0 Å². The molecule has 2 N–H and O–H groups in total. The first-order chi connectivity index (χ1) is 12.8. The van der Waals surface area contributed by atoms with Gasteiger partial charge in [0.05, 0.1) is 12.4 Å². The number of hydrogen-bond acceptors (Lipinski definition) is 6. The third-order valence-corrected chi connectivity index (χ3v) is 5.18. The molecule has 0 radical (unpaired) electrons. The average Bonchev–Trinajstić information content (AvgIpc) is 3.25. The standard InChI is InChI=1S/C19H23N7/c20-10-17(15-4-2-1-3-5-15)16-6-8-25(9-7-16)18-11-21-12-19(24-18)26-14-22-13-23-26/h1-5,11-14,16-17H,6-10,20H2. The van der Waals surface area contributed by atoms with Crippen molar-refractivity contribution in [1.29, 1.82) is 0 Å². The Balaban J connectivity index is 1.44. The van der Waals surface area contributed by atoms with Gasteiger partial charge in [-0.25, -0.2) is 14.6 Å². The molecule has 1 atom stereocenters. The summed E-state index contributed by atoms with van der Waals surface area (Å²) < 4.78 is 1.63. The second-order valence-electron chi connectivity index (χ2n) is 6.65. The minimum absolute atomic E-state index is 0.422. The highest BCUT2D eigenvalue weighted by Crippen LogP contribution is 2.33. The predicted octanol–water partition coefficient (Wildman–Crippen LogP) is 2.02. The topological polar surface area (TPSA) is 85.8 Å². The van der Waals surface area contributed by atoms with Crippen LogP contribution in [0.15, 0.2) is 55.4 Å². The Morgan fingerprint density at radius 1 is 1.04 bits per heavy atom. The molecule has 1 aliphatic heterocycles. The molecule has 0 aliphatic carbocycles. The second kappa shape index (κ2) is 7.61. The van der Waals surface area contributed by atoms with Crippen molar-refractivity contribution >= 4 is 5.82 Å². The molecule has 3 aromatic rings. The van der Waals surface area contributed by atoms with Crippen molar-refractivity contribution in [2.24, 2.45) is 11.7 Å². The highest BCUT2D eigenvalue weighted by atomic mass is 15.4. The fourth-order valence-electron chi connectivity index (χ4n) is 3.77. The van der Waals surface area contributed by atoms with Crippen LogP contribution in [0, 0.1) is 5.92 Å². The van der Waals surface area contributed by atoms with E-state index in [4.69, 9.17) is 5.73 Å². The van der Waals surface area contributed by atoms with E-state index in [1.807, 2.05) is 6.20 Å². The fourth-order valence-corrected chi connectivity index (χ4v) is 3.77. The van der Waals surface area contributed by atoms with E-state index < -0.39 is 0 Å². The maximum atomic E-state index is 6.10. The van der Waals surface area contributed by atoms with Gasteiger partial charge >= 0.3 is 0 Å². The monoisotopic (exact) mass is 349 g/mol. The summed E-state index contributed by atoms with van der Waals surface area (Å²) in [6.45, 7) is 2.61. The Kier molecular flexibility index (Phi) is 4.88. The molecule has 1 unspecified atom stereocenters. The molecule has 3 heterocycles. The highest BCUT2D eigenvalue weighted by molar-refractivity contribution is 5.39. The maximum absolute atomic E-state index is 6.10. The van der Waals surface area contributed by atoms with Gasteiger partial charge in [-0.2, -0.15) is 5.10 Å². The Labute approximate surface area is 152 Å². The Morgan fingerprint density at radius 2 is 1.81 bits per heavy atom. The van der Waals surface area contributed by atoms with Crippen LogP contribution in [-0.2, 0) is 0 Å². The summed E-state index contributed by atoms with van der Waals surface area (Å²) in [6, 6.07) is 10.6. The quantitative estimate of drug-likeness (QED) is 0.758. The van der Waals surface area contributed by atoms with Crippen LogP contribution in [0.25, 0.3) is 5.82 Å². The summed E-state index contributed by atoms with van der Waals surface area (Å²) in [5.41, 5.74) is 7.45. The van der Waals surface area contributed by atoms with E-state index in [2.05, 4.69) is 55.3 Å². The first-order valence-corrected chi connectivity index (χ1v) is 9.02. The van der Waals surface area contributed by atoms with Crippen LogP contribution in [0.2, 0.25) is 0 Å². The molecular formula is C19H23N7. The summed E-state index contributed by atoms with van der Waals surface area (Å²) in [4.78, 5) is 15.3. The maximum Gasteiger partial charge on any atom is 0.175 e. The fraction of sp³-hybridized carbons (Fsp3) is 0.368. The Bertz CT molecular complexity index is 811. The van der Waals surface area contributed by atoms with Crippen LogP contribution in [0.5, 0.6) is 0 Å². The smallest absolute Gasteiger partial charge is 0.175 e. The lowest BCUT2D eigenvalue weighted by Gasteiger charge is -2.36. The molecule has 0 amide bonds. The van der Waals surface area contributed by atoms with E-state index in [9.17, 15) is 0 Å². The second-order valence-corrected chi connectivity index (χ2v) is 6.65. The van der Waals surface area contributed by atoms with Crippen molar-refractivity contribution in [3.05, 3.63) is 60.9 Å². The van der Waals surface area contributed by atoms with Crippen molar-refractivity contribution in [2.45, 2.75) is 18.8 Å². The molecule has 7 heteroatoms. The lowest BCUT2D eigenvalue weighted by atomic mass is 9.80. The molecule has 7 nitrogen and oxygen atoms in total. The molecule has 2 aromatic heterocycles. The van der Waals surface area contributed by atoms with Crippen molar-refractivity contribution in [3.8, 4) is 5.82 Å². The van der Waals surface area contributed by atoms with E-state index in [1.54, 1.807) is 17.2 Å². The number of aromatic nitrogens is 5. The van der Waals surface area contributed by atoms with Crippen molar-refractivity contribution in [3.63, 3.8) is 0 Å². The van der Waals surface area contributed by atoms with Crippen LogP contribution in [0.1, 0.15) is 24.3 Å². The number of nitrogens with zero attached hydrogens (tertiary/aromatic N) is 6. The van der Waals surface area contributed by atoms with E-state index in [-0.39, 0.29) is 0 Å². The van der Waals surface area contributed by atoms with Gasteiger partial charge in [0.15, 0.2) is 5.82 Å². The zero-order valence-corrected chi connectivity index (χ0v) is 14.6. The van der Waals surface area contributed by atoms with Gasteiger partial charge in [-0.1, -0.05) is 30.3 Å². The number of piperidine rings is 1. The molecule has 26 heavy (non-hydrogen) atoms. The minimum Gasteiger partial charge on any atom is -0.355 e.